The molecule has 5 heteroatoms. The van der Waals surface area contributed by atoms with E-state index in [-0.39, 0.29) is 24.3 Å². The molecule has 0 radical (unpaired) electrons. The van der Waals surface area contributed by atoms with Crippen LogP contribution < -0.4 is 10.2 Å². The Hall–Kier alpha value is -2.04. The zero-order chi connectivity index (χ0) is 17.1. The summed E-state index contributed by atoms with van der Waals surface area (Å²) in [5.41, 5.74) is 2.97. The number of hydrogen-bond acceptors (Lipinski definition) is 3. The predicted molar refractivity (Wildman–Crippen MR) is 97.7 cm³/mol. The minimum Gasteiger partial charge on any atom is -0.395 e. The van der Waals surface area contributed by atoms with Gasteiger partial charge in [0.2, 0.25) is 5.91 Å². The highest BCUT2D eigenvalue weighted by Gasteiger charge is 2.43. The number of aliphatic hydroxyl groups is 1. The lowest BCUT2D eigenvalue weighted by atomic mass is 10.1. The first-order chi connectivity index (χ1) is 11.6. The lowest BCUT2D eigenvalue weighted by Gasteiger charge is -2.18. The number of likely N-dealkylation sites (N-methyl/N-ethyl adjacent to an activating group) is 1. The molecule has 2 atom stereocenters. The number of rotatable bonds is 6. The van der Waals surface area contributed by atoms with Crippen molar-refractivity contribution in [2.45, 2.75) is 12.3 Å². The minimum absolute atomic E-state index is 0.0305. The molecular weight excluding hydrogens is 324 g/mol. The molecule has 1 amide bonds. The smallest absolute Gasteiger partial charge is 0.228 e. The van der Waals surface area contributed by atoms with Gasteiger partial charge < -0.3 is 15.3 Å². The number of nitrogens with one attached hydrogen (secondary N) is 1. The van der Waals surface area contributed by atoms with Crippen molar-refractivity contribution in [3.63, 3.8) is 0 Å². The van der Waals surface area contributed by atoms with Crippen molar-refractivity contribution in [3.8, 4) is 0 Å². The van der Waals surface area contributed by atoms with Crippen LogP contribution in [0.5, 0.6) is 0 Å². The summed E-state index contributed by atoms with van der Waals surface area (Å²) in [5.74, 6) is 0.381. The van der Waals surface area contributed by atoms with Gasteiger partial charge in [-0.15, -0.1) is 0 Å². The molecule has 2 aromatic rings. The van der Waals surface area contributed by atoms with Crippen LogP contribution in [0.3, 0.4) is 0 Å². The lowest BCUT2D eigenvalue weighted by molar-refractivity contribution is -0.117. The van der Waals surface area contributed by atoms with E-state index in [4.69, 9.17) is 16.7 Å². The summed E-state index contributed by atoms with van der Waals surface area (Å²) in [6.45, 7) is 0.694. The largest absolute Gasteiger partial charge is 0.395 e. The normalized spacial score (nSPS) is 19.0. The van der Waals surface area contributed by atoms with E-state index >= 15 is 0 Å². The summed E-state index contributed by atoms with van der Waals surface area (Å²) in [6.07, 6.45) is 0.880. The molecule has 0 bridgehead atoms. The monoisotopic (exact) mass is 344 g/mol. The standard InChI is InChI=1S/C19H21ClN2O2/c1-22(10-11-23)16-8-6-15(7-9-16)21-19(24)18-12-17(18)13-2-4-14(20)5-3-13/h2-9,17-18,23H,10-12H2,1H3,(H,21,24). The molecule has 0 saturated heterocycles. The highest BCUT2D eigenvalue weighted by atomic mass is 35.5. The molecule has 0 heterocycles. The molecule has 0 spiro atoms. The molecule has 1 fully saturated rings. The molecule has 1 saturated carbocycles. The molecule has 126 valence electrons. The van der Waals surface area contributed by atoms with Crippen LogP contribution in [-0.2, 0) is 4.79 Å². The number of carbonyl (C=O) groups excluding carboxylic acids is 1. The van der Waals surface area contributed by atoms with Crippen molar-refractivity contribution in [1.82, 2.24) is 0 Å². The third kappa shape index (κ3) is 3.89. The van der Waals surface area contributed by atoms with E-state index in [9.17, 15) is 4.79 Å². The van der Waals surface area contributed by atoms with Gasteiger partial charge in [-0.05, 0) is 54.3 Å². The number of aliphatic hydroxyl groups excluding tert-OH is 1. The zero-order valence-electron chi connectivity index (χ0n) is 13.6. The Kier molecular flexibility index (Phi) is 5.07. The maximum atomic E-state index is 12.4. The van der Waals surface area contributed by atoms with Crippen LogP contribution in [0.2, 0.25) is 5.02 Å². The molecule has 2 N–H and O–H groups in total. The van der Waals surface area contributed by atoms with Crippen molar-refractivity contribution < 1.29 is 9.90 Å². The molecule has 1 aliphatic carbocycles. The predicted octanol–water partition coefficient (Wildman–Crippen LogP) is 3.51. The van der Waals surface area contributed by atoms with E-state index in [0.29, 0.717) is 11.6 Å². The second kappa shape index (κ2) is 7.24. The van der Waals surface area contributed by atoms with Gasteiger partial charge in [-0.2, -0.15) is 0 Å². The van der Waals surface area contributed by atoms with Gasteiger partial charge in [0.05, 0.1) is 6.61 Å². The zero-order valence-corrected chi connectivity index (χ0v) is 14.3. The molecule has 2 unspecified atom stereocenters. The third-order valence-corrected chi connectivity index (χ3v) is 4.69. The van der Waals surface area contributed by atoms with Crippen LogP contribution >= 0.6 is 11.6 Å². The first-order valence-electron chi connectivity index (χ1n) is 8.07. The van der Waals surface area contributed by atoms with Gasteiger partial charge in [-0.3, -0.25) is 4.79 Å². The summed E-state index contributed by atoms with van der Waals surface area (Å²) < 4.78 is 0. The van der Waals surface area contributed by atoms with Gasteiger partial charge in [-0.1, -0.05) is 23.7 Å². The molecular formula is C19H21ClN2O2. The van der Waals surface area contributed by atoms with Gasteiger partial charge in [0, 0.05) is 35.9 Å². The Morgan fingerprint density at radius 3 is 2.50 bits per heavy atom. The van der Waals surface area contributed by atoms with E-state index in [1.807, 2.05) is 60.5 Å². The quantitative estimate of drug-likeness (QED) is 0.843. The van der Waals surface area contributed by atoms with Gasteiger partial charge in [0.25, 0.3) is 0 Å². The van der Waals surface area contributed by atoms with Crippen molar-refractivity contribution in [2.24, 2.45) is 5.92 Å². The van der Waals surface area contributed by atoms with Crippen molar-refractivity contribution >= 4 is 28.9 Å². The number of nitrogens with zero attached hydrogens (tertiary/aromatic N) is 1. The average molecular weight is 345 g/mol. The lowest BCUT2D eigenvalue weighted by Crippen LogP contribution is -2.21. The van der Waals surface area contributed by atoms with E-state index in [0.717, 1.165) is 17.8 Å². The maximum Gasteiger partial charge on any atom is 0.228 e. The van der Waals surface area contributed by atoms with E-state index in [2.05, 4.69) is 5.32 Å². The number of benzene rings is 2. The summed E-state index contributed by atoms with van der Waals surface area (Å²) >= 11 is 5.90. The van der Waals surface area contributed by atoms with Gasteiger partial charge in [0.1, 0.15) is 0 Å². The summed E-state index contributed by atoms with van der Waals surface area (Å²) in [7, 11) is 1.92. The number of halogens is 1. The van der Waals surface area contributed by atoms with Crippen LogP contribution in [0.25, 0.3) is 0 Å². The molecule has 2 aromatic carbocycles. The van der Waals surface area contributed by atoms with Crippen LogP contribution in [0.1, 0.15) is 17.9 Å². The maximum absolute atomic E-state index is 12.4. The van der Waals surface area contributed by atoms with E-state index in [1.54, 1.807) is 0 Å². The SMILES string of the molecule is CN(CCO)c1ccc(NC(=O)C2CC2c2ccc(Cl)cc2)cc1. The second-order valence-corrected chi connectivity index (χ2v) is 6.62. The first-order valence-corrected chi connectivity index (χ1v) is 8.44. The molecule has 0 aromatic heterocycles. The Balaban J connectivity index is 1.57. The summed E-state index contributed by atoms with van der Waals surface area (Å²) in [5, 5.41) is 12.7. The number of carbonyl (C=O) groups is 1. The molecule has 1 aliphatic rings. The van der Waals surface area contributed by atoms with Crippen LogP contribution in [-0.4, -0.2) is 31.2 Å². The highest BCUT2D eigenvalue weighted by molar-refractivity contribution is 6.30. The first kappa shape index (κ1) is 16.8. The van der Waals surface area contributed by atoms with Crippen LogP contribution in [0.15, 0.2) is 48.5 Å². The Bertz CT molecular complexity index is 700. The molecule has 0 aliphatic heterocycles. The van der Waals surface area contributed by atoms with Crippen molar-refractivity contribution in [3.05, 3.63) is 59.1 Å². The fourth-order valence-corrected chi connectivity index (χ4v) is 3.00. The molecule has 24 heavy (non-hydrogen) atoms. The van der Waals surface area contributed by atoms with Gasteiger partial charge in [-0.25, -0.2) is 0 Å². The third-order valence-electron chi connectivity index (χ3n) is 4.44. The molecule has 3 rings (SSSR count). The average Bonchev–Trinajstić information content (AvgIpc) is 3.37. The summed E-state index contributed by atoms with van der Waals surface area (Å²) in [6, 6.07) is 15.4. The van der Waals surface area contributed by atoms with E-state index < -0.39 is 0 Å². The second-order valence-electron chi connectivity index (χ2n) is 6.18. The minimum atomic E-state index is 0.0305. The Morgan fingerprint density at radius 1 is 1.21 bits per heavy atom. The fraction of sp³-hybridized carbons (Fsp3) is 0.316. The van der Waals surface area contributed by atoms with Gasteiger partial charge >= 0.3 is 0 Å². The van der Waals surface area contributed by atoms with Crippen molar-refractivity contribution in [2.75, 3.05) is 30.4 Å². The Labute approximate surface area is 147 Å². The Morgan fingerprint density at radius 2 is 1.88 bits per heavy atom. The fourth-order valence-electron chi connectivity index (χ4n) is 2.88. The van der Waals surface area contributed by atoms with Crippen molar-refractivity contribution in [1.29, 1.82) is 0 Å². The number of anilines is 2. The van der Waals surface area contributed by atoms with Crippen LogP contribution in [0, 0.1) is 5.92 Å². The van der Waals surface area contributed by atoms with Gasteiger partial charge in [0.15, 0.2) is 0 Å². The van der Waals surface area contributed by atoms with E-state index in [1.165, 1.54) is 5.56 Å². The number of hydrogen-bond donors (Lipinski definition) is 2. The highest BCUT2D eigenvalue weighted by Crippen LogP contribution is 2.48. The van der Waals surface area contributed by atoms with Crippen LogP contribution in [0.4, 0.5) is 11.4 Å². The topological polar surface area (TPSA) is 52.6 Å². The molecule has 4 nitrogen and oxygen atoms in total. The number of amides is 1. The summed E-state index contributed by atoms with van der Waals surface area (Å²) in [4.78, 5) is 14.3.